The van der Waals surface area contributed by atoms with Crippen LogP contribution in [0.3, 0.4) is 0 Å². The Morgan fingerprint density at radius 2 is 2.28 bits per heavy atom. The molecule has 0 atom stereocenters. The van der Waals surface area contributed by atoms with E-state index in [0.29, 0.717) is 6.54 Å². The number of thioether (sulfide) groups is 1. The highest BCUT2D eigenvalue weighted by Crippen LogP contribution is 2.11. The van der Waals surface area contributed by atoms with Crippen molar-refractivity contribution in [3.63, 3.8) is 0 Å². The minimum absolute atomic E-state index is 0.0580. The van der Waals surface area contributed by atoms with E-state index >= 15 is 0 Å². The third kappa shape index (κ3) is 4.29. The molecule has 18 heavy (non-hydrogen) atoms. The molecular formula is C11H15N3O2S2. The first kappa shape index (κ1) is 15.0. The summed E-state index contributed by atoms with van der Waals surface area (Å²) in [5.41, 5.74) is -0.0749. The van der Waals surface area contributed by atoms with E-state index in [0.717, 1.165) is 18.6 Å². The average Bonchev–Trinajstić information content (AvgIpc) is 2.38. The SMILES string of the molecule is CSCCCCNS(=O)(=O)c1cccnc1C#N. The summed E-state index contributed by atoms with van der Waals surface area (Å²) >= 11 is 1.73. The molecule has 0 bridgehead atoms. The first-order chi connectivity index (χ1) is 8.61. The van der Waals surface area contributed by atoms with Gasteiger partial charge in [-0.3, -0.25) is 0 Å². The van der Waals surface area contributed by atoms with Crippen molar-refractivity contribution in [2.24, 2.45) is 0 Å². The molecule has 0 unspecified atom stereocenters. The largest absolute Gasteiger partial charge is 0.244 e. The van der Waals surface area contributed by atoms with Gasteiger partial charge in [-0.1, -0.05) is 0 Å². The zero-order valence-electron chi connectivity index (χ0n) is 10.1. The van der Waals surface area contributed by atoms with Crippen LogP contribution in [0.5, 0.6) is 0 Å². The van der Waals surface area contributed by atoms with E-state index in [1.165, 1.54) is 18.3 Å². The van der Waals surface area contributed by atoms with Crippen LogP contribution in [0, 0.1) is 11.3 Å². The third-order valence-electron chi connectivity index (χ3n) is 2.23. The van der Waals surface area contributed by atoms with Crippen LogP contribution in [0.2, 0.25) is 0 Å². The van der Waals surface area contributed by atoms with Crippen molar-refractivity contribution in [3.05, 3.63) is 24.0 Å². The minimum atomic E-state index is -3.63. The van der Waals surface area contributed by atoms with Gasteiger partial charge in [0.2, 0.25) is 10.0 Å². The summed E-state index contributed by atoms with van der Waals surface area (Å²) < 4.78 is 26.4. The lowest BCUT2D eigenvalue weighted by molar-refractivity contribution is 0.578. The summed E-state index contributed by atoms with van der Waals surface area (Å²) in [7, 11) is -3.63. The highest BCUT2D eigenvalue weighted by atomic mass is 32.2. The maximum Gasteiger partial charge on any atom is 0.243 e. The van der Waals surface area contributed by atoms with Gasteiger partial charge in [0.1, 0.15) is 11.0 Å². The Kier molecular flexibility index (Phi) is 6.12. The number of unbranched alkanes of at least 4 members (excludes halogenated alkanes) is 1. The molecule has 1 rings (SSSR count). The molecular weight excluding hydrogens is 270 g/mol. The van der Waals surface area contributed by atoms with Gasteiger partial charge in [-0.2, -0.15) is 17.0 Å². The molecule has 0 saturated carbocycles. The van der Waals surface area contributed by atoms with Gasteiger partial charge in [0.25, 0.3) is 0 Å². The molecule has 1 N–H and O–H groups in total. The first-order valence-electron chi connectivity index (χ1n) is 5.45. The summed E-state index contributed by atoms with van der Waals surface area (Å²) in [6, 6.07) is 4.67. The standard InChI is InChI=1S/C11H15N3O2S2/c1-17-8-3-2-7-14-18(15,16)11-5-4-6-13-10(11)9-12/h4-6,14H,2-3,7-8H2,1H3. The Bertz CT molecular complexity index is 523. The van der Waals surface area contributed by atoms with Gasteiger partial charge in [-0.15, -0.1) is 0 Å². The number of pyridine rings is 1. The van der Waals surface area contributed by atoms with Crippen molar-refractivity contribution in [2.75, 3.05) is 18.6 Å². The number of hydrogen-bond acceptors (Lipinski definition) is 5. The second kappa shape index (κ2) is 7.36. The molecule has 7 heteroatoms. The van der Waals surface area contributed by atoms with E-state index in [4.69, 9.17) is 5.26 Å². The van der Waals surface area contributed by atoms with Crippen LogP contribution in [0.25, 0.3) is 0 Å². The third-order valence-corrected chi connectivity index (χ3v) is 4.42. The monoisotopic (exact) mass is 285 g/mol. The van der Waals surface area contributed by atoms with E-state index in [1.54, 1.807) is 17.8 Å². The quantitative estimate of drug-likeness (QED) is 0.765. The normalized spacial score (nSPS) is 11.1. The molecule has 1 heterocycles. The molecule has 1 aromatic rings. The zero-order valence-corrected chi connectivity index (χ0v) is 11.7. The lowest BCUT2D eigenvalue weighted by Gasteiger charge is -2.07. The number of hydrogen-bond donors (Lipinski definition) is 1. The molecule has 98 valence electrons. The average molecular weight is 285 g/mol. The van der Waals surface area contributed by atoms with Crippen molar-refractivity contribution < 1.29 is 8.42 Å². The maximum absolute atomic E-state index is 11.9. The highest BCUT2D eigenvalue weighted by molar-refractivity contribution is 7.98. The molecule has 0 saturated heterocycles. The Morgan fingerprint density at radius 1 is 1.50 bits per heavy atom. The molecule has 0 aromatic carbocycles. The smallest absolute Gasteiger partial charge is 0.243 e. The van der Waals surface area contributed by atoms with Gasteiger partial charge in [0.05, 0.1) is 0 Å². The number of nitrogens with one attached hydrogen (secondary N) is 1. The van der Waals surface area contributed by atoms with Gasteiger partial charge in [0, 0.05) is 12.7 Å². The number of aromatic nitrogens is 1. The van der Waals surface area contributed by atoms with E-state index in [-0.39, 0.29) is 10.6 Å². The van der Waals surface area contributed by atoms with Crippen LogP contribution < -0.4 is 4.72 Å². The van der Waals surface area contributed by atoms with E-state index < -0.39 is 10.0 Å². The van der Waals surface area contributed by atoms with Crippen molar-refractivity contribution in [3.8, 4) is 6.07 Å². The van der Waals surface area contributed by atoms with Gasteiger partial charge in [-0.25, -0.2) is 18.1 Å². The molecule has 0 fully saturated rings. The number of sulfonamides is 1. The van der Waals surface area contributed by atoms with Gasteiger partial charge in [0.15, 0.2) is 5.69 Å². The molecule has 0 aliphatic heterocycles. The van der Waals surface area contributed by atoms with Crippen molar-refractivity contribution >= 4 is 21.8 Å². The summed E-state index contributed by atoms with van der Waals surface area (Å²) in [6.07, 6.45) is 5.15. The first-order valence-corrected chi connectivity index (χ1v) is 8.33. The fraction of sp³-hybridized carbons (Fsp3) is 0.455. The lowest BCUT2D eigenvalue weighted by Crippen LogP contribution is -2.25. The van der Waals surface area contributed by atoms with Crippen LogP contribution in [0.15, 0.2) is 23.2 Å². The van der Waals surface area contributed by atoms with Gasteiger partial charge >= 0.3 is 0 Å². The Balaban J connectivity index is 2.67. The Morgan fingerprint density at radius 3 is 2.94 bits per heavy atom. The summed E-state index contributed by atoms with van der Waals surface area (Å²) in [6.45, 7) is 0.378. The summed E-state index contributed by atoms with van der Waals surface area (Å²) in [4.78, 5) is 3.68. The topological polar surface area (TPSA) is 82.8 Å². The fourth-order valence-corrected chi connectivity index (χ4v) is 3.02. The molecule has 0 amide bonds. The van der Waals surface area contributed by atoms with Crippen LogP contribution in [0.1, 0.15) is 18.5 Å². The number of rotatable bonds is 7. The predicted molar refractivity (Wildman–Crippen MR) is 71.8 cm³/mol. The molecule has 5 nitrogen and oxygen atoms in total. The van der Waals surface area contributed by atoms with Crippen molar-refractivity contribution in [1.29, 1.82) is 5.26 Å². The van der Waals surface area contributed by atoms with Gasteiger partial charge < -0.3 is 0 Å². The molecule has 0 spiro atoms. The molecule has 0 aliphatic rings. The van der Waals surface area contributed by atoms with Crippen molar-refractivity contribution in [1.82, 2.24) is 9.71 Å². The second-order valence-corrected chi connectivity index (χ2v) is 6.28. The maximum atomic E-state index is 11.9. The van der Waals surface area contributed by atoms with Gasteiger partial charge in [-0.05, 0) is 37.0 Å². The predicted octanol–water partition coefficient (Wildman–Crippen LogP) is 1.37. The number of nitriles is 1. The van der Waals surface area contributed by atoms with Crippen LogP contribution in [0.4, 0.5) is 0 Å². The second-order valence-electron chi connectivity index (χ2n) is 3.56. The van der Waals surface area contributed by atoms with Crippen molar-refractivity contribution in [2.45, 2.75) is 17.7 Å². The van der Waals surface area contributed by atoms with Crippen LogP contribution >= 0.6 is 11.8 Å². The number of nitrogens with zero attached hydrogens (tertiary/aromatic N) is 2. The van der Waals surface area contributed by atoms with E-state index in [2.05, 4.69) is 9.71 Å². The lowest BCUT2D eigenvalue weighted by atomic mass is 10.3. The fourth-order valence-electron chi connectivity index (χ4n) is 1.35. The highest BCUT2D eigenvalue weighted by Gasteiger charge is 2.18. The molecule has 1 aromatic heterocycles. The Hall–Kier alpha value is -1.10. The zero-order chi connectivity index (χ0) is 13.4. The van der Waals surface area contributed by atoms with Crippen LogP contribution in [-0.4, -0.2) is 32.0 Å². The summed E-state index contributed by atoms with van der Waals surface area (Å²) in [5, 5.41) is 8.82. The van der Waals surface area contributed by atoms with E-state index in [9.17, 15) is 8.42 Å². The van der Waals surface area contributed by atoms with E-state index in [1.807, 2.05) is 6.26 Å². The molecule has 0 radical (unpaired) electrons. The Labute approximate surface area is 112 Å². The minimum Gasteiger partial charge on any atom is -0.244 e. The summed E-state index contributed by atoms with van der Waals surface area (Å²) in [5.74, 6) is 1.01. The van der Waals surface area contributed by atoms with Crippen LogP contribution in [-0.2, 0) is 10.0 Å². The molecule has 0 aliphatic carbocycles.